The van der Waals surface area contributed by atoms with Gasteiger partial charge in [0, 0.05) is 6.42 Å². The lowest BCUT2D eigenvalue weighted by Gasteiger charge is -2.19. The van der Waals surface area contributed by atoms with Gasteiger partial charge < -0.3 is 15.5 Å². The molecule has 0 aromatic heterocycles. The Kier molecular flexibility index (Phi) is 76.1. The number of aliphatic hydroxyl groups is 2. The van der Waals surface area contributed by atoms with Gasteiger partial charge in [-0.3, -0.25) is 4.79 Å². The van der Waals surface area contributed by atoms with Crippen LogP contribution < -0.4 is 5.32 Å². The van der Waals surface area contributed by atoms with E-state index in [0.717, 1.165) is 38.5 Å². The molecule has 0 fully saturated rings. The lowest BCUT2D eigenvalue weighted by Crippen LogP contribution is -2.45. The van der Waals surface area contributed by atoms with Crippen LogP contribution in [-0.2, 0) is 4.79 Å². The molecule has 0 saturated heterocycles. The number of amides is 1. The van der Waals surface area contributed by atoms with Gasteiger partial charge in [0.2, 0.25) is 5.91 Å². The van der Waals surface area contributed by atoms with E-state index >= 15 is 0 Å². The molecule has 0 spiro atoms. The molecule has 0 heterocycles. The minimum Gasteiger partial charge on any atom is -0.394 e. The van der Waals surface area contributed by atoms with E-state index in [9.17, 15) is 15.0 Å². The van der Waals surface area contributed by atoms with E-state index in [1.807, 2.05) is 6.08 Å². The van der Waals surface area contributed by atoms with Crippen molar-refractivity contribution in [1.82, 2.24) is 5.32 Å². The number of unbranched alkanes of at least 4 members (excludes halogenated alkanes) is 62. The maximum atomic E-state index is 12.6. The molecule has 0 bridgehead atoms. The maximum absolute atomic E-state index is 12.6. The van der Waals surface area contributed by atoms with Crippen molar-refractivity contribution < 1.29 is 15.0 Å². The van der Waals surface area contributed by atoms with Gasteiger partial charge in [-0.15, -0.1) is 0 Å². The van der Waals surface area contributed by atoms with Gasteiger partial charge in [-0.1, -0.05) is 428 Å². The summed E-state index contributed by atoms with van der Waals surface area (Å²) < 4.78 is 0. The minimum absolute atomic E-state index is 0.0643. The second-order valence-electron chi connectivity index (χ2n) is 27.5. The number of aliphatic hydroxyl groups excluding tert-OH is 2. The highest BCUT2D eigenvalue weighted by Crippen LogP contribution is 2.20. The number of carbonyl (C=O) groups excluding carboxylic acids is 1. The standard InChI is InChI=1S/C82H157NO3/c1-3-5-7-9-11-13-15-17-19-21-23-25-27-29-31-33-35-37-38-39-40-41-42-43-44-46-48-50-52-54-56-58-60-62-64-66-68-70-72-74-76-78-82(86)83-80(79-84)81(85)77-75-73-71-69-67-65-63-61-59-57-55-53-51-49-47-45-36-34-32-30-28-26-24-22-20-18-16-14-12-10-8-6-4-2/h15,17,21,23,67,69,75,77,80-81,84-85H,3-14,16,18-20,22,24-66,68,70-74,76,78-79H2,1-2H3,(H,83,86)/b17-15-,23-21-,69-67+,77-75+. The van der Waals surface area contributed by atoms with Gasteiger partial charge in [-0.2, -0.15) is 0 Å². The summed E-state index contributed by atoms with van der Waals surface area (Å²) in [6, 6.07) is -0.640. The number of hydrogen-bond acceptors (Lipinski definition) is 3. The lowest BCUT2D eigenvalue weighted by atomic mass is 10.0. The third-order valence-electron chi connectivity index (χ3n) is 18.8. The maximum Gasteiger partial charge on any atom is 0.220 e. The van der Waals surface area contributed by atoms with Gasteiger partial charge in [-0.05, 0) is 64.2 Å². The van der Waals surface area contributed by atoms with Crippen molar-refractivity contribution in [2.45, 2.75) is 463 Å². The van der Waals surface area contributed by atoms with E-state index in [1.165, 1.54) is 392 Å². The van der Waals surface area contributed by atoms with Crippen molar-refractivity contribution >= 4 is 5.91 Å². The number of carbonyl (C=O) groups is 1. The summed E-state index contributed by atoms with van der Waals surface area (Å²) in [4.78, 5) is 12.6. The Labute approximate surface area is 541 Å². The Morgan fingerprint density at radius 1 is 0.279 bits per heavy atom. The van der Waals surface area contributed by atoms with Crippen molar-refractivity contribution in [3.05, 3.63) is 48.6 Å². The van der Waals surface area contributed by atoms with Gasteiger partial charge in [0.15, 0.2) is 0 Å². The van der Waals surface area contributed by atoms with Crippen LogP contribution in [0.3, 0.4) is 0 Å². The summed E-state index contributed by atoms with van der Waals surface area (Å²) in [6.07, 6.45) is 110. The Morgan fingerprint density at radius 3 is 0.744 bits per heavy atom. The molecule has 0 aromatic carbocycles. The topological polar surface area (TPSA) is 69.6 Å². The van der Waals surface area contributed by atoms with Crippen LogP contribution in [0.4, 0.5) is 0 Å². The number of allylic oxidation sites excluding steroid dienone is 7. The predicted molar refractivity (Wildman–Crippen MR) is 387 cm³/mol. The van der Waals surface area contributed by atoms with E-state index in [4.69, 9.17) is 0 Å². The molecule has 2 atom stereocenters. The summed E-state index contributed by atoms with van der Waals surface area (Å²) >= 11 is 0. The number of hydrogen-bond donors (Lipinski definition) is 3. The highest BCUT2D eigenvalue weighted by molar-refractivity contribution is 5.76. The van der Waals surface area contributed by atoms with Crippen LogP contribution in [0.5, 0.6) is 0 Å². The smallest absolute Gasteiger partial charge is 0.220 e. The van der Waals surface area contributed by atoms with Crippen LogP contribution in [0.15, 0.2) is 48.6 Å². The summed E-state index contributed by atoms with van der Waals surface area (Å²) in [7, 11) is 0. The molecule has 1 amide bonds. The number of rotatable bonds is 75. The molecular weight excluding hydrogens is 1050 g/mol. The molecule has 0 aromatic rings. The molecule has 86 heavy (non-hydrogen) atoms. The fourth-order valence-corrected chi connectivity index (χ4v) is 12.8. The average molecular weight is 1210 g/mol. The fraction of sp³-hybridized carbons (Fsp3) is 0.890. The Bertz CT molecular complexity index is 1370. The van der Waals surface area contributed by atoms with Crippen LogP contribution in [-0.4, -0.2) is 34.9 Å². The zero-order chi connectivity index (χ0) is 61.9. The van der Waals surface area contributed by atoms with Gasteiger partial charge in [0.1, 0.15) is 0 Å². The normalized spacial score (nSPS) is 12.8. The average Bonchev–Trinajstić information content (AvgIpc) is 3.59. The van der Waals surface area contributed by atoms with Crippen molar-refractivity contribution in [2.24, 2.45) is 0 Å². The molecule has 3 N–H and O–H groups in total. The third-order valence-corrected chi connectivity index (χ3v) is 18.8. The quantitative estimate of drug-likeness (QED) is 0.0420. The molecule has 0 radical (unpaired) electrons. The van der Waals surface area contributed by atoms with E-state index < -0.39 is 12.1 Å². The van der Waals surface area contributed by atoms with Crippen molar-refractivity contribution in [2.75, 3.05) is 6.61 Å². The highest BCUT2D eigenvalue weighted by atomic mass is 16.3. The van der Waals surface area contributed by atoms with E-state index in [2.05, 4.69) is 55.6 Å². The Balaban J connectivity index is 3.40. The van der Waals surface area contributed by atoms with Gasteiger partial charge in [0.05, 0.1) is 18.8 Å². The zero-order valence-corrected chi connectivity index (χ0v) is 58.9. The first-order valence-electron chi connectivity index (χ1n) is 39.9. The molecule has 0 aliphatic rings. The largest absolute Gasteiger partial charge is 0.394 e. The predicted octanol–water partition coefficient (Wildman–Crippen LogP) is 27.6. The fourth-order valence-electron chi connectivity index (χ4n) is 12.8. The SMILES string of the molecule is CCCCCCC/C=C\C/C=C\CCCCCCCCCCCCCCCCCCCCCCCCCCCCCCCC(=O)NC(CO)C(O)/C=C/CC/C=C/CCCCCCCCCCCCCCCCCCCCCCCCCCCCC. The van der Waals surface area contributed by atoms with Crippen LogP contribution in [0, 0.1) is 0 Å². The minimum atomic E-state index is -0.864. The molecular formula is C82H157NO3. The highest BCUT2D eigenvalue weighted by Gasteiger charge is 2.18. The summed E-state index contributed by atoms with van der Waals surface area (Å²) in [6.45, 7) is 4.34. The summed E-state index contributed by atoms with van der Waals surface area (Å²) in [5.41, 5.74) is 0. The van der Waals surface area contributed by atoms with Crippen LogP contribution in [0.25, 0.3) is 0 Å². The summed E-state index contributed by atoms with van der Waals surface area (Å²) in [5, 5.41) is 23.3. The first-order chi connectivity index (χ1) is 42.7. The monoisotopic (exact) mass is 1200 g/mol. The molecule has 4 nitrogen and oxygen atoms in total. The van der Waals surface area contributed by atoms with Gasteiger partial charge in [-0.25, -0.2) is 0 Å². The molecule has 2 unspecified atom stereocenters. The van der Waals surface area contributed by atoms with Crippen molar-refractivity contribution in [1.29, 1.82) is 0 Å². The van der Waals surface area contributed by atoms with Crippen molar-refractivity contribution in [3.63, 3.8) is 0 Å². The summed E-state index contributed by atoms with van der Waals surface area (Å²) in [5.74, 6) is -0.0643. The Hall–Kier alpha value is -1.65. The van der Waals surface area contributed by atoms with Gasteiger partial charge >= 0.3 is 0 Å². The third kappa shape index (κ3) is 73.1. The molecule has 0 aliphatic heterocycles. The lowest BCUT2D eigenvalue weighted by molar-refractivity contribution is -0.123. The molecule has 0 aliphatic carbocycles. The molecule has 4 heteroatoms. The Morgan fingerprint density at radius 2 is 0.488 bits per heavy atom. The second kappa shape index (κ2) is 77.6. The first-order valence-corrected chi connectivity index (χ1v) is 39.9. The van der Waals surface area contributed by atoms with Crippen LogP contribution in [0.1, 0.15) is 450 Å². The number of nitrogens with one attached hydrogen (secondary N) is 1. The molecule has 0 saturated carbocycles. The van der Waals surface area contributed by atoms with Gasteiger partial charge in [0.25, 0.3) is 0 Å². The van der Waals surface area contributed by atoms with Crippen LogP contribution >= 0.6 is 0 Å². The molecule has 0 rings (SSSR count). The van der Waals surface area contributed by atoms with Crippen LogP contribution in [0.2, 0.25) is 0 Å². The van der Waals surface area contributed by atoms with E-state index in [0.29, 0.717) is 6.42 Å². The molecule has 508 valence electrons. The van der Waals surface area contributed by atoms with E-state index in [-0.39, 0.29) is 12.5 Å². The van der Waals surface area contributed by atoms with E-state index in [1.54, 1.807) is 6.08 Å². The zero-order valence-electron chi connectivity index (χ0n) is 58.9. The van der Waals surface area contributed by atoms with Crippen molar-refractivity contribution in [3.8, 4) is 0 Å². The first kappa shape index (κ1) is 84.3. The second-order valence-corrected chi connectivity index (χ2v) is 27.5.